The highest BCUT2D eigenvalue weighted by molar-refractivity contribution is 5.75. The molecule has 0 aliphatic heterocycles. The summed E-state index contributed by atoms with van der Waals surface area (Å²) >= 11 is 0. The van der Waals surface area contributed by atoms with Gasteiger partial charge in [-0.15, -0.1) is 0 Å². The average Bonchev–Trinajstić information content (AvgIpc) is 2.11. The number of nitrogens with one attached hydrogen (secondary N) is 1. The fourth-order valence-corrected chi connectivity index (χ4v) is 1.38. The van der Waals surface area contributed by atoms with Crippen molar-refractivity contribution in [3.05, 3.63) is 29.6 Å². The van der Waals surface area contributed by atoms with E-state index in [1.54, 1.807) is 19.1 Å². The maximum Gasteiger partial charge on any atom is 0.219 e. The smallest absolute Gasteiger partial charge is 0.219 e. The molecule has 3 N–H and O–H groups in total. The minimum atomic E-state index is -0.371. The lowest BCUT2D eigenvalue weighted by Crippen LogP contribution is -2.24. The topological polar surface area (TPSA) is 55.1 Å². The summed E-state index contributed by atoms with van der Waals surface area (Å²) < 4.78 is 13.2. The Morgan fingerprint density at radius 1 is 1.60 bits per heavy atom. The second-order valence-electron chi connectivity index (χ2n) is 3.63. The van der Waals surface area contributed by atoms with Crippen LogP contribution < -0.4 is 11.1 Å². The van der Waals surface area contributed by atoms with Crippen LogP contribution in [0, 0.1) is 12.7 Å². The van der Waals surface area contributed by atoms with Gasteiger partial charge in [0, 0.05) is 23.7 Å². The normalized spacial score (nSPS) is 12.2. The predicted molar refractivity (Wildman–Crippen MR) is 58.0 cm³/mol. The Morgan fingerprint density at radius 3 is 2.87 bits per heavy atom. The molecule has 3 nitrogen and oxygen atoms in total. The molecule has 0 spiro atoms. The Kier molecular flexibility index (Phi) is 3.66. The van der Waals surface area contributed by atoms with Gasteiger partial charge in [-0.25, -0.2) is 4.39 Å². The standard InChI is InChI=1S/C11H15FN2O/c1-7(6-11(13)15)14-10-5-3-4-9(12)8(10)2/h3-5,7,14H,6H2,1-2H3,(H2,13,15). The van der Waals surface area contributed by atoms with Crippen molar-refractivity contribution in [2.45, 2.75) is 26.3 Å². The van der Waals surface area contributed by atoms with Crippen molar-refractivity contribution in [3.8, 4) is 0 Å². The molecule has 1 atom stereocenters. The number of benzene rings is 1. The molecule has 0 saturated carbocycles. The van der Waals surface area contributed by atoms with Gasteiger partial charge in [0.15, 0.2) is 0 Å². The summed E-state index contributed by atoms with van der Waals surface area (Å²) in [6, 6.07) is 4.71. The summed E-state index contributed by atoms with van der Waals surface area (Å²) in [6.45, 7) is 3.52. The van der Waals surface area contributed by atoms with Crippen molar-refractivity contribution in [1.29, 1.82) is 0 Å². The second-order valence-corrected chi connectivity index (χ2v) is 3.63. The molecule has 0 saturated heterocycles. The minimum absolute atomic E-state index is 0.0944. The van der Waals surface area contributed by atoms with Gasteiger partial charge in [0.25, 0.3) is 0 Å². The van der Waals surface area contributed by atoms with Crippen LogP contribution in [0.25, 0.3) is 0 Å². The van der Waals surface area contributed by atoms with Gasteiger partial charge in [-0.3, -0.25) is 4.79 Å². The number of nitrogens with two attached hydrogens (primary N) is 1. The molecule has 0 heterocycles. The van der Waals surface area contributed by atoms with Gasteiger partial charge in [-0.2, -0.15) is 0 Å². The molecule has 0 bridgehead atoms. The molecule has 0 aliphatic rings. The molecule has 1 aromatic carbocycles. The van der Waals surface area contributed by atoms with E-state index in [-0.39, 0.29) is 24.2 Å². The first-order chi connectivity index (χ1) is 7.00. The van der Waals surface area contributed by atoms with Crippen LogP contribution in [-0.2, 0) is 4.79 Å². The monoisotopic (exact) mass is 210 g/mol. The fraction of sp³-hybridized carbons (Fsp3) is 0.364. The molecule has 1 unspecified atom stereocenters. The Morgan fingerprint density at radius 2 is 2.27 bits per heavy atom. The highest BCUT2D eigenvalue weighted by atomic mass is 19.1. The number of hydrogen-bond acceptors (Lipinski definition) is 2. The van der Waals surface area contributed by atoms with Gasteiger partial charge in [0.2, 0.25) is 5.91 Å². The van der Waals surface area contributed by atoms with Crippen molar-refractivity contribution in [2.75, 3.05) is 5.32 Å². The molecule has 1 rings (SSSR count). The van der Waals surface area contributed by atoms with E-state index in [9.17, 15) is 9.18 Å². The molecular weight excluding hydrogens is 195 g/mol. The zero-order valence-electron chi connectivity index (χ0n) is 8.88. The first-order valence-corrected chi connectivity index (χ1v) is 4.80. The molecule has 0 radical (unpaired) electrons. The largest absolute Gasteiger partial charge is 0.382 e. The van der Waals surface area contributed by atoms with Crippen molar-refractivity contribution >= 4 is 11.6 Å². The number of anilines is 1. The maximum atomic E-state index is 13.2. The molecule has 1 amide bonds. The number of carbonyl (C=O) groups excluding carboxylic acids is 1. The van der Waals surface area contributed by atoms with E-state index in [4.69, 9.17) is 5.73 Å². The number of primary amides is 1. The molecule has 15 heavy (non-hydrogen) atoms. The van der Waals surface area contributed by atoms with Crippen molar-refractivity contribution in [2.24, 2.45) is 5.73 Å². The minimum Gasteiger partial charge on any atom is -0.382 e. The van der Waals surface area contributed by atoms with Gasteiger partial charge >= 0.3 is 0 Å². The third kappa shape index (κ3) is 3.23. The third-order valence-electron chi connectivity index (χ3n) is 2.18. The van der Waals surface area contributed by atoms with Crippen LogP contribution in [0.3, 0.4) is 0 Å². The molecule has 0 aliphatic carbocycles. The number of rotatable bonds is 4. The van der Waals surface area contributed by atoms with Crippen molar-refractivity contribution in [1.82, 2.24) is 0 Å². The quantitative estimate of drug-likeness (QED) is 0.796. The van der Waals surface area contributed by atoms with E-state index in [0.29, 0.717) is 11.3 Å². The number of hydrogen-bond donors (Lipinski definition) is 2. The zero-order valence-corrected chi connectivity index (χ0v) is 8.88. The van der Waals surface area contributed by atoms with Gasteiger partial charge in [-0.1, -0.05) is 6.07 Å². The Bertz CT molecular complexity index is 366. The van der Waals surface area contributed by atoms with Crippen LogP contribution >= 0.6 is 0 Å². The van der Waals surface area contributed by atoms with Crippen LogP contribution in [0.15, 0.2) is 18.2 Å². The number of amides is 1. The van der Waals surface area contributed by atoms with E-state index < -0.39 is 0 Å². The van der Waals surface area contributed by atoms with E-state index in [2.05, 4.69) is 5.32 Å². The molecule has 0 fully saturated rings. The van der Waals surface area contributed by atoms with Gasteiger partial charge in [0.1, 0.15) is 5.82 Å². The van der Waals surface area contributed by atoms with Crippen molar-refractivity contribution in [3.63, 3.8) is 0 Å². The highest BCUT2D eigenvalue weighted by Crippen LogP contribution is 2.18. The lowest BCUT2D eigenvalue weighted by molar-refractivity contribution is -0.118. The van der Waals surface area contributed by atoms with Crippen LogP contribution in [0.1, 0.15) is 18.9 Å². The van der Waals surface area contributed by atoms with E-state index in [1.807, 2.05) is 6.92 Å². The van der Waals surface area contributed by atoms with E-state index in [1.165, 1.54) is 6.07 Å². The predicted octanol–water partition coefficient (Wildman–Crippen LogP) is 1.81. The van der Waals surface area contributed by atoms with Gasteiger partial charge in [-0.05, 0) is 26.0 Å². The SMILES string of the molecule is Cc1c(F)cccc1NC(C)CC(N)=O. The maximum absolute atomic E-state index is 13.2. The first kappa shape index (κ1) is 11.5. The van der Waals surface area contributed by atoms with Crippen LogP contribution in [0.5, 0.6) is 0 Å². The molecule has 4 heteroatoms. The van der Waals surface area contributed by atoms with Crippen LogP contribution in [-0.4, -0.2) is 11.9 Å². The summed E-state index contributed by atoms with van der Waals surface area (Å²) in [7, 11) is 0. The Balaban J connectivity index is 2.72. The van der Waals surface area contributed by atoms with Gasteiger partial charge in [0.05, 0.1) is 0 Å². The molecular formula is C11H15FN2O. The fourth-order valence-electron chi connectivity index (χ4n) is 1.38. The Hall–Kier alpha value is -1.58. The first-order valence-electron chi connectivity index (χ1n) is 4.80. The van der Waals surface area contributed by atoms with Crippen LogP contribution in [0.2, 0.25) is 0 Å². The van der Waals surface area contributed by atoms with E-state index in [0.717, 1.165) is 0 Å². The Labute approximate surface area is 88.5 Å². The summed E-state index contributed by atoms with van der Waals surface area (Å²) in [5.74, 6) is -0.629. The molecule has 82 valence electrons. The van der Waals surface area contributed by atoms with E-state index >= 15 is 0 Å². The lowest BCUT2D eigenvalue weighted by Gasteiger charge is -2.15. The number of carbonyl (C=O) groups is 1. The highest BCUT2D eigenvalue weighted by Gasteiger charge is 2.08. The summed E-state index contributed by atoms with van der Waals surface area (Å²) in [6.07, 6.45) is 0.232. The second kappa shape index (κ2) is 4.77. The van der Waals surface area contributed by atoms with Crippen molar-refractivity contribution < 1.29 is 9.18 Å². The summed E-state index contributed by atoms with van der Waals surface area (Å²) in [5.41, 5.74) is 6.31. The third-order valence-corrected chi connectivity index (χ3v) is 2.18. The molecule has 1 aromatic rings. The van der Waals surface area contributed by atoms with Crippen LogP contribution in [0.4, 0.5) is 10.1 Å². The lowest BCUT2D eigenvalue weighted by atomic mass is 10.1. The number of halogens is 1. The zero-order chi connectivity index (χ0) is 11.4. The summed E-state index contributed by atoms with van der Waals surface area (Å²) in [4.78, 5) is 10.7. The summed E-state index contributed by atoms with van der Waals surface area (Å²) in [5, 5.41) is 3.04. The molecule has 0 aromatic heterocycles. The van der Waals surface area contributed by atoms with Gasteiger partial charge < -0.3 is 11.1 Å². The average molecular weight is 210 g/mol.